The van der Waals surface area contributed by atoms with Gasteiger partial charge in [0.05, 0.1) is 6.54 Å². The minimum Gasteiger partial charge on any atom is -0.368 e. The van der Waals surface area contributed by atoms with Crippen molar-refractivity contribution in [3.8, 4) is 0 Å². The van der Waals surface area contributed by atoms with Crippen LogP contribution in [0.1, 0.15) is 5.56 Å². The summed E-state index contributed by atoms with van der Waals surface area (Å²) in [6, 6.07) is 7.48. The van der Waals surface area contributed by atoms with Crippen molar-refractivity contribution in [3.05, 3.63) is 47.0 Å². The van der Waals surface area contributed by atoms with Crippen molar-refractivity contribution in [3.63, 3.8) is 0 Å². The highest BCUT2D eigenvalue weighted by molar-refractivity contribution is 9.10. The zero-order valence-corrected chi connectivity index (χ0v) is 10.8. The molecule has 0 aliphatic heterocycles. The van der Waals surface area contributed by atoms with Crippen molar-refractivity contribution < 1.29 is 9.59 Å². The Morgan fingerprint density at radius 2 is 1.94 bits per heavy atom. The van der Waals surface area contributed by atoms with Gasteiger partial charge in [-0.25, -0.2) is 0 Å². The molecule has 0 radical (unpaired) electrons. The molecule has 2 amide bonds. The zero-order valence-electron chi connectivity index (χ0n) is 9.23. The van der Waals surface area contributed by atoms with Gasteiger partial charge in [0.25, 0.3) is 0 Å². The molecule has 0 saturated heterocycles. The number of rotatable bonds is 5. The van der Waals surface area contributed by atoms with E-state index < -0.39 is 5.91 Å². The lowest BCUT2D eigenvalue weighted by Crippen LogP contribution is -2.36. The lowest BCUT2D eigenvalue weighted by Gasteiger charge is -2.19. The van der Waals surface area contributed by atoms with Crippen molar-refractivity contribution in [1.29, 1.82) is 0 Å². The fourth-order valence-electron chi connectivity index (χ4n) is 1.34. The molecule has 1 rings (SSSR count). The highest BCUT2D eigenvalue weighted by atomic mass is 79.9. The molecule has 17 heavy (non-hydrogen) atoms. The summed E-state index contributed by atoms with van der Waals surface area (Å²) in [5.41, 5.74) is 6.01. The monoisotopic (exact) mass is 296 g/mol. The van der Waals surface area contributed by atoms with Crippen LogP contribution in [0.15, 0.2) is 41.4 Å². The van der Waals surface area contributed by atoms with Crippen LogP contribution in [-0.2, 0) is 16.1 Å². The first-order valence-electron chi connectivity index (χ1n) is 4.97. The van der Waals surface area contributed by atoms with Gasteiger partial charge in [0, 0.05) is 11.0 Å². The van der Waals surface area contributed by atoms with E-state index in [9.17, 15) is 9.59 Å². The van der Waals surface area contributed by atoms with Crippen LogP contribution < -0.4 is 5.73 Å². The van der Waals surface area contributed by atoms with Gasteiger partial charge in [-0.1, -0.05) is 34.6 Å². The van der Waals surface area contributed by atoms with E-state index in [1.165, 1.54) is 11.0 Å². The summed E-state index contributed by atoms with van der Waals surface area (Å²) in [5.74, 6) is -0.857. The molecule has 0 aromatic heterocycles. The summed E-state index contributed by atoms with van der Waals surface area (Å²) in [5, 5.41) is 0. The second kappa shape index (κ2) is 6.20. The number of hydrogen-bond acceptors (Lipinski definition) is 2. The van der Waals surface area contributed by atoms with Crippen molar-refractivity contribution in [1.82, 2.24) is 4.90 Å². The molecule has 0 aliphatic rings. The quantitative estimate of drug-likeness (QED) is 0.836. The van der Waals surface area contributed by atoms with Gasteiger partial charge in [-0.2, -0.15) is 0 Å². The summed E-state index contributed by atoms with van der Waals surface area (Å²) in [6.07, 6.45) is 1.17. The molecule has 0 heterocycles. The van der Waals surface area contributed by atoms with Gasteiger partial charge >= 0.3 is 0 Å². The van der Waals surface area contributed by atoms with Crippen LogP contribution in [0.4, 0.5) is 0 Å². The first-order valence-corrected chi connectivity index (χ1v) is 5.76. The van der Waals surface area contributed by atoms with E-state index in [-0.39, 0.29) is 12.5 Å². The van der Waals surface area contributed by atoms with E-state index in [2.05, 4.69) is 22.5 Å². The van der Waals surface area contributed by atoms with Crippen LogP contribution in [0.5, 0.6) is 0 Å². The maximum Gasteiger partial charge on any atom is 0.246 e. The highest BCUT2D eigenvalue weighted by Crippen LogP contribution is 2.12. The minimum atomic E-state index is -0.544. The van der Waals surface area contributed by atoms with E-state index in [1.54, 1.807) is 0 Å². The predicted molar refractivity (Wildman–Crippen MR) is 69.0 cm³/mol. The maximum absolute atomic E-state index is 11.5. The number of carbonyl (C=O) groups is 2. The Kier molecular flexibility index (Phi) is 4.90. The van der Waals surface area contributed by atoms with Gasteiger partial charge in [0.15, 0.2) is 0 Å². The Balaban J connectivity index is 2.78. The highest BCUT2D eigenvalue weighted by Gasteiger charge is 2.13. The van der Waals surface area contributed by atoms with E-state index in [1.807, 2.05) is 24.3 Å². The van der Waals surface area contributed by atoms with E-state index in [0.717, 1.165) is 10.0 Å². The third-order valence-corrected chi connectivity index (χ3v) is 2.65. The Hall–Kier alpha value is -1.62. The topological polar surface area (TPSA) is 63.4 Å². The SMILES string of the molecule is C=CC(=O)N(CC(N)=O)Cc1ccc(Br)cc1. The fraction of sp³-hybridized carbons (Fsp3) is 0.167. The molecule has 0 spiro atoms. The van der Waals surface area contributed by atoms with E-state index >= 15 is 0 Å². The number of primary amides is 1. The molecule has 0 fully saturated rings. The van der Waals surface area contributed by atoms with Gasteiger partial charge in [-0.05, 0) is 23.8 Å². The summed E-state index contributed by atoms with van der Waals surface area (Å²) in [7, 11) is 0. The summed E-state index contributed by atoms with van der Waals surface area (Å²) in [4.78, 5) is 23.7. The van der Waals surface area contributed by atoms with E-state index in [4.69, 9.17) is 5.73 Å². The molecular formula is C12H13BrN2O2. The van der Waals surface area contributed by atoms with Crippen molar-refractivity contribution >= 4 is 27.7 Å². The Morgan fingerprint density at radius 3 is 2.41 bits per heavy atom. The van der Waals surface area contributed by atoms with Crippen molar-refractivity contribution in [2.45, 2.75) is 6.54 Å². The van der Waals surface area contributed by atoms with Gasteiger partial charge in [0.2, 0.25) is 11.8 Å². The normalized spacial score (nSPS) is 9.71. The smallest absolute Gasteiger partial charge is 0.246 e. The van der Waals surface area contributed by atoms with Crippen LogP contribution in [-0.4, -0.2) is 23.3 Å². The molecule has 0 atom stereocenters. The number of amides is 2. The van der Waals surface area contributed by atoms with Gasteiger partial charge in [0.1, 0.15) is 0 Å². The minimum absolute atomic E-state index is 0.110. The predicted octanol–water partition coefficient (Wildman–Crippen LogP) is 1.45. The zero-order chi connectivity index (χ0) is 12.8. The summed E-state index contributed by atoms with van der Waals surface area (Å²) >= 11 is 3.32. The number of hydrogen-bond donors (Lipinski definition) is 1. The molecular weight excluding hydrogens is 284 g/mol. The molecule has 1 aromatic carbocycles. The maximum atomic E-state index is 11.5. The molecule has 2 N–H and O–H groups in total. The Labute approximate surface area is 108 Å². The lowest BCUT2D eigenvalue weighted by atomic mass is 10.2. The van der Waals surface area contributed by atoms with Gasteiger partial charge < -0.3 is 10.6 Å². The molecule has 90 valence electrons. The van der Waals surface area contributed by atoms with Crippen LogP contribution in [0.2, 0.25) is 0 Å². The average Bonchev–Trinajstić information content (AvgIpc) is 2.29. The molecule has 0 saturated carbocycles. The first-order chi connectivity index (χ1) is 8.02. The molecule has 0 bridgehead atoms. The molecule has 0 unspecified atom stereocenters. The standard InChI is InChI=1S/C12H13BrN2O2/c1-2-12(17)15(8-11(14)16)7-9-3-5-10(13)6-4-9/h2-6H,1,7-8H2,(H2,14,16). The second-order valence-corrected chi connectivity index (χ2v) is 4.41. The third kappa shape index (κ3) is 4.40. The van der Waals surface area contributed by atoms with Crippen LogP contribution in [0.3, 0.4) is 0 Å². The average molecular weight is 297 g/mol. The summed E-state index contributed by atoms with van der Waals surface area (Å²) < 4.78 is 0.956. The lowest BCUT2D eigenvalue weighted by molar-refractivity contribution is -0.131. The Bertz CT molecular complexity index is 429. The Morgan fingerprint density at radius 1 is 1.35 bits per heavy atom. The number of halogens is 1. The largest absolute Gasteiger partial charge is 0.368 e. The number of nitrogens with two attached hydrogens (primary N) is 1. The number of benzene rings is 1. The first kappa shape index (κ1) is 13.4. The summed E-state index contributed by atoms with van der Waals surface area (Å²) in [6.45, 7) is 3.62. The fourth-order valence-corrected chi connectivity index (χ4v) is 1.60. The van der Waals surface area contributed by atoms with Crippen LogP contribution >= 0.6 is 15.9 Å². The number of carbonyl (C=O) groups excluding carboxylic acids is 2. The molecule has 4 nitrogen and oxygen atoms in total. The van der Waals surface area contributed by atoms with Gasteiger partial charge in [-0.15, -0.1) is 0 Å². The van der Waals surface area contributed by atoms with Crippen LogP contribution in [0, 0.1) is 0 Å². The van der Waals surface area contributed by atoms with Gasteiger partial charge in [-0.3, -0.25) is 9.59 Å². The third-order valence-electron chi connectivity index (χ3n) is 2.12. The molecule has 0 aliphatic carbocycles. The molecule has 1 aromatic rings. The van der Waals surface area contributed by atoms with Crippen molar-refractivity contribution in [2.75, 3.05) is 6.54 Å². The second-order valence-electron chi connectivity index (χ2n) is 3.49. The van der Waals surface area contributed by atoms with E-state index in [0.29, 0.717) is 6.54 Å². The number of nitrogens with zero attached hydrogens (tertiary/aromatic N) is 1. The van der Waals surface area contributed by atoms with Crippen LogP contribution in [0.25, 0.3) is 0 Å². The van der Waals surface area contributed by atoms with Crippen molar-refractivity contribution in [2.24, 2.45) is 5.73 Å². The molecule has 5 heteroatoms.